The van der Waals surface area contributed by atoms with Crippen molar-refractivity contribution in [3.63, 3.8) is 0 Å². The minimum Gasteiger partial charge on any atom is -0.481 e. The quantitative estimate of drug-likeness (QED) is 0.471. The third-order valence-corrected chi connectivity index (χ3v) is 4.78. The highest BCUT2D eigenvalue weighted by atomic mass is 35.5. The number of hydrogen-bond acceptors (Lipinski definition) is 4. The summed E-state index contributed by atoms with van der Waals surface area (Å²) in [5.41, 5.74) is -1.16. The van der Waals surface area contributed by atoms with E-state index in [1.807, 2.05) is 0 Å². The van der Waals surface area contributed by atoms with Crippen LogP contribution in [0.2, 0.25) is 5.02 Å². The van der Waals surface area contributed by atoms with Gasteiger partial charge in [-0.25, -0.2) is 0 Å². The van der Waals surface area contributed by atoms with Gasteiger partial charge in [0.25, 0.3) is 5.69 Å². The number of nitrogens with one attached hydrogen (secondary N) is 1. The molecule has 7 nitrogen and oxygen atoms in total. The minimum atomic E-state index is -1.08. The molecule has 0 bridgehead atoms. The second-order valence-corrected chi connectivity index (χ2v) is 6.55. The molecule has 0 aliphatic heterocycles. The smallest absolute Gasteiger partial charge is 0.310 e. The van der Waals surface area contributed by atoms with Crippen LogP contribution in [0.15, 0.2) is 18.2 Å². The number of aliphatic carboxylic acids is 1. The first-order valence-electron chi connectivity index (χ1n) is 7.81. The Kier molecular flexibility index (Phi) is 5.77. The molecule has 1 fully saturated rings. The number of halogens is 1. The van der Waals surface area contributed by atoms with Crippen molar-refractivity contribution in [3.8, 4) is 0 Å². The number of carbonyl (C=O) groups excluding carboxylic acids is 1. The van der Waals surface area contributed by atoms with E-state index in [4.69, 9.17) is 11.6 Å². The predicted octanol–water partition coefficient (Wildman–Crippen LogP) is 4.00. The van der Waals surface area contributed by atoms with Crippen molar-refractivity contribution in [2.75, 3.05) is 5.32 Å². The molecule has 1 aliphatic rings. The van der Waals surface area contributed by atoms with Gasteiger partial charge in [-0.1, -0.05) is 37.3 Å². The lowest BCUT2D eigenvalue weighted by Crippen LogP contribution is -2.35. The van der Waals surface area contributed by atoms with Crippen molar-refractivity contribution in [1.82, 2.24) is 0 Å². The Morgan fingerprint density at radius 1 is 1.25 bits per heavy atom. The molecule has 1 saturated carbocycles. The molecule has 0 atom stereocenters. The van der Waals surface area contributed by atoms with Gasteiger partial charge in [-0.05, 0) is 18.9 Å². The molecule has 0 spiro atoms. The highest BCUT2D eigenvalue weighted by molar-refractivity contribution is 6.33. The molecule has 0 saturated heterocycles. The fraction of sp³-hybridized carbons (Fsp3) is 0.500. The van der Waals surface area contributed by atoms with Crippen LogP contribution in [0.25, 0.3) is 0 Å². The molecule has 8 heteroatoms. The summed E-state index contributed by atoms with van der Waals surface area (Å²) < 4.78 is 0. The monoisotopic (exact) mass is 354 g/mol. The zero-order valence-electron chi connectivity index (χ0n) is 13.1. The SMILES string of the molecule is O=C(CC1(C(=O)O)CCCCCC1)Nc1cc([N+](=O)[O-])ccc1Cl. The Morgan fingerprint density at radius 2 is 1.88 bits per heavy atom. The van der Waals surface area contributed by atoms with Crippen molar-refractivity contribution in [2.24, 2.45) is 5.41 Å². The van der Waals surface area contributed by atoms with Crippen LogP contribution in [-0.2, 0) is 9.59 Å². The fourth-order valence-corrected chi connectivity index (χ4v) is 3.26. The van der Waals surface area contributed by atoms with Gasteiger partial charge >= 0.3 is 5.97 Å². The van der Waals surface area contributed by atoms with E-state index in [9.17, 15) is 24.8 Å². The second-order valence-electron chi connectivity index (χ2n) is 6.15. The molecule has 2 N–H and O–H groups in total. The van der Waals surface area contributed by atoms with Crippen molar-refractivity contribution in [2.45, 2.75) is 44.9 Å². The number of carboxylic acid groups (broad SMARTS) is 1. The summed E-state index contributed by atoms with van der Waals surface area (Å²) in [5.74, 6) is -1.47. The van der Waals surface area contributed by atoms with Gasteiger partial charge in [-0.2, -0.15) is 0 Å². The summed E-state index contributed by atoms with van der Waals surface area (Å²) in [4.78, 5) is 34.3. The van der Waals surface area contributed by atoms with Crippen LogP contribution in [0.4, 0.5) is 11.4 Å². The Hall–Kier alpha value is -2.15. The maximum atomic E-state index is 12.3. The van der Waals surface area contributed by atoms with Gasteiger partial charge in [0.15, 0.2) is 0 Å². The fourth-order valence-electron chi connectivity index (χ4n) is 3.10. The highest BCUT2D eigenvalue weighted by Gasteiger charge is 2.40. The maximum Gasteiger partial charge on any atom is 0.310 e. The number of nitro benzene ring substituents is 1. The van der Waals surface area contributed by atoms with Gasteiger partial charge in [-0.15, -0.1) is 0 Å². The number of carboxylic acids is 1. The Bertz CT molecular complexity index is 654. The summed E-state index contributed by atoms with van der Waals surface area (Å²) in [6.07, 6.45) is 4.23. The summed E-state index contributed by atoms with van der Waals surface area (Å²) in [7, 11) is 0. The van der Waals surface area contributed by atoms with E-state index in [0.717, 1.165) is 25.7 Å². The van der Waals surface area contributed by atoms with E-state index in [1.54, 1.807) is 0 Å². The van der Waals surface area contributed by atoms with E-state index in [0.29, 0.717) is 12.8 Å². The molecule has 0 aromatic heterocycles. The summed E-state index contributed by atoms with van der Waals surface area (Å²) in [5, 5.41) is 23.1. The molecule has 0 unspecified atom stereocenters. The molecular formula is C16H19ClN2O5. The number of carbonyl (C=O) groups is 2. The van der Waals surface area contributed by atoms with Crippen LogP contribution in [0.1, 0.15) is 44.9 Å². The third kappa shape index (κ3) is 4.23. The van der Waals surface area contributed by atoms with Gasteiger partial charge in [0.1, 0.15) is 0 Å². The van der Waals surface area contributed by atoms with Crippen LogP contribution in [0.3, 0.4) is 0 Å². The van der Waals surface area contributed by atoms with Crippen LogP contribution in [-0.4, -0.2) is 21.9 Å². The van der Waals surface area contributed by atoms with Crippen LogP contribution < -0.4 is 5.32 Å². The van der Waals surface area contributed by atoms with Crippen molar-refractivity contribution in [3.05, 3.63) is 33.3 Å². The molecule has 1 aliphatic carbocycles. The average molecular weight is 355 g/mol. The lowest BCUT2D eigenvalue weighted by atomic mass is 9.77. The van der Waals surface area contributed by atoms with Gasteiger partial charge in [-0.3, -0.25) is 19.7 Å². The lowest BCUT2D eigenvalue weighted by Gasteiger charge is -2.27. The maximum absolute atomic E-state index is 12.3. The molecule has 0 heterocycles. The first kappa shape index (κ1) is 18.2. The van der Waals surface area contributed by atoms with Gasteiger partial charge < -0.3 is 10.4 Å². The lowest BCUT2D eigenvalue weighted by molar-refractivity contribution is -0.384. The molecule has 24 heavy (non-hydrogen) atoms. The first-order valence-corrected chi connectivity index (χ1v) is 8.19. The predicted molar refractivity (Wildman–Crippen MR) is 89.1 cm³/mol. The highest BCUT2D eigenvalue weighted by Crippen LogP contribution is 2.39. The first-order chi connectivity index (χ1) is 11.3. The van der Waals surface area contributed by atoms with Crippen molar-refractivity contribution < 1.29 is 19.6 Å². The molecule has 130 valence electrons. The van der Waals surface area contributed by atoms with E-state index in [2.05, 4.69) is 5.32 Å². The van der Waals surface area contributed by atoms with Gasteiger partial charge in [0, 0.05) is 18.6 Å². The molecule has 0 radical (unpaired) electrons. The number of amides is 1. The normalized spacial score (nSPS) is 16.9. The van der Waals surface area contributed by atoms with Gasteiger partial charge in [0.2, 0.25) is 5.91 Å². The zero-order chi connectivity index (χ0) is 17.7. The molecule has 2 rings (SSSR count). The number of rotatable bonds is 5. The second kappa shape index (κ2) is 7.61. The Balaban J connectivity index is 2.15. The van der Waals surface area contributed by atoms with E-state index in [-0.39, 0.29) is 22.8 Å². The Morgan fingerprint density at radius 3 is 2.42 bits per heavy atom. The van der Waals surface area contributed by atoms with Crippen LogP contribution >= 0.6 is 11.6 Å². The number of non-ortho nitro benzene ring substituents is 1. The third-order valence-electron chi connectivity index (χ3n) is 4.45. The van der Waals surface area contributed by atoms with E-state index >= 15 is 0 Å². The minimum absolute atomic E-state index is 0.116. The van der Waals surface area contributed by atoms with E-state index < -0.39 is 22.2 Å². The summed E-state index contributed by atoms with van der Waals surface area (Å²) in [6, 6.07) is 3.73. The molecule has 1 aromatic rings. The molecular weight excluding hydrogens is 336 g/mol. The number of hydrogen-bond donors (Lipinski definition) is 2. The largest absolute Gasteiger partial charge is 0.481 e. The van der Waals surface area contributed by atoms with Crippen molar-refractivity contribution >= 4 is 34.9 Å². The zero-order valence-corrected chi connectivity index (χ0v) is 13.8. The van der Waals surface area contributed by atoms with Crippen LogP contribution in [0, 0.1) is 15.5 Å². The number of nitro groups is 1. The Labute approximate surface area is 144 Å². The summed E-state index contributed by atoms with van der Waals surface area (Å²) >= 11 is 5.96. The van der Waals surface area contributed by atoms with Crippen molar-refractivity contribution in [1.29, 1.82) is 0 Å². The van der Waals surface area contributed by atoms with Gasteiger partial charge in [0.05, 0.1) is 21.0 Å². The molecule has 1 aromatic carbocycles. The van der Waals surface area contributed by atoms with E-state index in [1.165, 1.54) is 18.2 Å². The number of anilines is 1. The standard InChI is InChI=1S/C16H19ClN2O5/c17-12-6-5-11(19(23)24)9-13(12)18-14(20)10-16(15(21)22)7-3-1-2-4-8-16/h5-6,9H,1-4,7-8,10H2,(H,18,20)(H,21,22). The van der Waals surface area contributed by atoms with Crippen LogP contribution in [0.5, 0.6) is 0 Å². The topological polar surface area (TPSA) is 110 Å². The number of nitrogens with zero attached hydrogens (tertiary/aromatic N) is 1. The molecule has 1 amide bonds. The average Bonchev–Trinajstić information content (AvgIpc) is 2.75. The summed E-state index contributed by atoms with van der Waals surface area (Å²) in [6.45, 7) is 0. The number of benzene rings is 1.